The molecule has 0 spiro atoms. The molecule has 0 bridgehead atoms. The number of hydrogen-bond donors (Lipinski definition) is 3. The number of rotatable bonds is 7. The summed E-state index contributed by atoms with van der Waals surface area (Å²) in [5, 5.41) is 2.49. The maximum absolute atomic E-state index is 13.5. The van der Waals surface area contributed by atoms with Crippen LogP contribution < -0.4 is 20.9 Å². The summed E-state index contributed by atoms with van der Waals surface area (Å²) in [4.78, 5) is 35.1. The van der Waals surface area contributed by atoms with Gasteiger partial charge in [-0.15, -0.1) is 0 Å². The van der Waals surface area contributed by atoms with Crippen LogP contribution in [0.4, 0.5) is 4.39 Å². The number of halogens is 1. The lowest BCUT2D eigenvalue weighted by molar-refractivity contribution is -0.132. The Morgan fingerprint density at radius 2 is 1.92 bits per heavy atom. The van der Waals surface area contributed by atoms with Crippen LogP contribution in [-0.2, 0) is 9.59 Å². The van der Waals surface area contributed by atoms with E-state index in [2.05, 4.69) is 16.2 Å². The minimum atomic E-state index is -1.02. The van der Waals surface area contributed by atoms with Gasteiger partial charge >= 0.3 is 0 Å². The monoisotopic (exact) mass is 363 g/mol. The minimum absolute atomic E-state index is 0.0581. The Labute approximate surface area is 148 Å². The Balaban J connectivity index is 1.67. The molecule has 3 amide bonds. The van der Waals surface area contributed by atoms with E-state index in [4.69, 9.17) is 9.15 Å². The molecule has 1 heterocycles. The topological polar surface area (TPSA) is 110 Å². The lowest BCUT2D eigenvalue weighted by Gasteiger charge is -2.15. The van der Waals surface area contributed by atoms with Gasteiger partial charge in [0.15, 0.2) is 23.4 Å². The highest BCUT2D eigenvalue weighted by molar-refractivity contribution is 5.91. The van der Waals surface area contributed by atoms with Gasteiger partial charge in [-0.05, 0) is 31.2 Å². The van der Waals surface area contributed by atoms with Crippen molar-refractivity contribution in [1.82, 2.24) is 16.2 Å². The molecule has 0 saturated carbocycles. The van der Waals surface area contributed by atoms with Gasteiger partial charge in [0.2, 0.25) is 5.91 Å². The third kappa shape index (κ3) is 5.62. The molecule has 2 aromatic rings. The maximum Gasteiger partial charge on any atom is 0.286 e. The van der Waals surface area contributed by atoms with Crippen molar-refractivity contribution in [3.63, 3.8) is 0 Å². The first-order valence-electron chi connectivity index (χ1n) is 7.79. The fourth-order valence-corrected chi connectivity index (χ4v) is 1.86. The van der Waals surface area contributed by atoms with Gasteiger partial charge in [-0.3, -0.25) is 25.2 Å². The van der Waals surface area contributed by atoms with E-state index in [1.165, 1.54) is 37.5 Å². The predicted octanol–water partition coefficient (Wildman–Crippen LogP) is 1.15. The molecule has 0 unspecified atom stereocenters. The van der Waals surface area contributed by atoms with Crippen molar-refractivity contribution in [3.8, 4) is 5.75 Å². The standard InChI is InChI=1S/C17H18FN3O5/c1-11(26-13-6-3-2-5-12(13)18)16(23)21-20-15(22)8-9-19-17(24)14-7-4-10-25-14/h2-7,10-11H,8-9H2,1H3,(H,19,24)(H,20,22)(H,21,23)/t11-/m0/s1. The Morgan fingerprint density at radius 3 is 2.62 bits per heavy atom. The van der Waals surface area contributed by atoms with Crippen molar-refractivity contribution >= 4 is 17.7 Å². The zero-order chi connectivity index (χ0) is 18.9. The van der Waals surface area contributed by atoms with Gasteiger partial charge in [0.05, 0.1) is 6.26 Å². The van der Waals surface area contributed by atoms with Crippen LogP contribution in [0.1, 0.15) is 23.9 Å². The number of carbonyl (C=O) groups is 3. The van der Waals surface area contributed by atoms with Gasteiger partial charge < -0.3 is 14.5 Å². The van der Waals surface area contributed by atoms with Crippen LogP contribution >= 0.6 is 0 Å². The molecule has 8 nitrogen and oxygen atoms in total. The van der Waals surface area contributed by atoms with Crippen molar-refractivity contribution < 1.29 is 27.9 Å². The molecular weight excluding hydrogens is 345 g/mol. The lowest BCUT2D eigenvalue weighted by Crippen LogP contribution is -2.47. The molecule has 0 aliphatic carbocycles. The average molecular weight is 363 g/mol. The van der Waals surface area contributed by atoms with Crippen molar-refractivity contribution in [2.45, 2.75) is 19.4 Å². The molecular formula is C17H18FN3O5. The summed E-state index contributed by atoms with van der Waals surface area (Å²) in [6, 6.07) is 8.73. The third-order valence-electron chi connectivity index (χ3n) is 3.22. The molecule has 0 aliphatic heterocycles. The molecule has 26 heavy (non-hydrogen) atoms. The van der Waals surface area contributed by atoms with Gasteiger partial charge in [0, 0.05) is 13.0 Å². The van der Waals surface area contributed by atoms with E-state index < -0.39 is 29.6 Å². The summed E-state index contributed by atoms with van der Waals surface area (Å²) < 4.78 is 23.6. The zero-order valence-electron chi connectivity index (χ0n) is 14.0. The second-order valence-electron chi connectivity index (χ2n) is 5.21. The van der Waals surface area contributed by atoms with Crippen LogP contribution in [0.25, 0.3) is 0 Å². The quantitative estimate of drug-likeness (QED) is 0.640. The average Bonchev–Trinajstić information content (AvgIpc) is 3.16. The summed E-state index contributed by atoms with van der Waals surface area (Å²) in [5.41, 5.74) is 4.36. The smallest absolute Gasteiger partial charge is 0.286 e. The highest BCUT2D eigenvalue weighted by Gasteiger charge is 2.17. The summed E-state index contributed by atoms with van der Waals surface area (Å²) in [7, 11) is 0. The number of benzene rings is 1. The number of nitrogens with one attached hydrogen (secondary N) is 3. The summed E-state index contributed by atoms with van der Waals surface area (Å²) >= 11 is 0. The number of ether oxygens (including phenoxy) is 1. The molecule has 2 rings (SSSR count). The number of furan rings is 1. The molecule has 0 aliphatic rings. The van der Waals surface area contributed by atoms with Crippen LogP contribution in [-0.4, -0.2) is 30.4 Å². The Morgan fingerprint density at radius 1 is 1.15 bits per heavy atom. The van der Waals surface area contributed by atoms with E-state index in [0.29, 0.717) is 0 Å². The van der Waals surface area contributed by atoms with E-state index in [-0.39, 0.29) is 24.5 Å². The highest BCUT2D eigenvalue weighted by Crippen LogP contribution is 2.16. The van der Waals surface area contributed by atoms with E-state index in [1.54, 1.807) is 12.1 Å². The van der Waals surface area contributed by atoms with E-state index in [1.807, 2.05) is 0 Å². The first kappa shape index (κ1) is 19.0. The van der Waals surface area contributed by atoms with Crippen LogP contribution in [0.3, 0.4) is 0 Å². The lowest BCUT2D eigenvalue weighted by atomic mass is 10.3. The first-order chi connectivity index (χ1) is 12.5. The number of hydrogen-bond acceptors (Lipinski definition) is 5. The minimum Gasteiger partial charge on any atom is -0.478 e. The fraction of sp³-hybridized carbons (Fsp3) is 0.235. The summed E-state index contributed by atoms with van der Waals surface area (Å²) in [5.74, 6) is -2.14. The van der Waals surface area contributed by atoms with Gasteiger partial charge in [-0.2, -0.15) is 0 Å². The molecule has 138 valence electrons. The van der Waals surface area contributed by atoms with Crippen molar-refractivity contribution in [1.29, 1.82) is 0 Å². The fourth-order valence-electron chi connectivity index (χ4n) is 1.86. The molecule has 0 radical (unpaired) electrons. The first-order valence-corrected chi connectivity index (χ1v) is 7.79. The SMILES string of the molecule is C[C@H](Oc1ccccc1F)C(=O)NNC(=O)CCNC(=O)c1ccco1. The third-order valence-corrected chi connectivity index (χ3v) is 3.22. The Kier molecular flexibility index (Phi) is 6.72. The molecule has 1 atom stereocenters. The second-order valence-corrected chi connectivity index (χ2v) is 5.21. The van der Waals surface area contributed by atoms with Gasteiger partial charge in [-0.25, -0.2) is 4.39 Å². The molecule has 0 saturated heterocycles. The maximum atomic E-state index is 13.5. The van der Waals surface area contributed by atoms with Crippen molar-refractivity contribution in [2.24, 2.45) is 0 Å². The molecule has 9 heteroatoms. The largest absolute Gasteiger partial charge is 0.478 e. The molecule has 0 fully saturated rings. The van der Waals surface area contributed by atoms with Gasteiger partial charge in [0.25, 0.3) is 11.8 Å². The predicted molar refractivity (Wildman–Crippen MR) is 88.4 cm³/mol. The Bertz CT molecular complexity index is 764. The number of para-hydroxylation sites is 1. The normalized spacial score (nSPS) is 11.3. The highest BCUT2D eigenvalue weighted by atomic mass is 19.1. The summed E-state index contributed by atoms with van der Waals surface area (Å²) in [6.07, 6.45) is 0.280. The van der Waals surface area contributed by atoms with E-state index >= 15 is 0 Å². The zero-order valence-corrected chi connectivity index (χ0v) is 14.0. The number of hydrazine groups is 1. The molecule has 3 N–H and O–H groups in total. The van der Waals surface area contributed by atoms with Gasteiger partial charge in [0.1, 0.15) is 0 Å². The van der Waals surface area contributed by atoms with Crippen LogP contribution in [0, 0.1) is 5.82 Å². The van der Waals surface area contributed by atoms with E-state index in [0.717, 1.165) is 0 Å². The number of amides is 3. The second kappa shape index (κ2) is 9.21. The van der Waals surface area contributed by atoms with Crippen molar-refractivity contribution in [3.05, 3.63) is 54.2 Å². The van der Waals surface area contributed by atoms with E-state index in [9.17, 15) is 18.8 Å². The Hall–Kier alpha value is -3.36. The van der Waals surface area contributed by atoms with Crippen LogP contribution in [0.15, 0.2) is 47.1 Å². The molecule has 1 aromatic heterocycles. The van der Waals surface area contributed by atoms with Crippen molar-refractivity contribution in [2.75, 3.05) is 6.54 Å². The molecule has 1 aromatic carbocycles. The summed E-state index contributed by atoms with van der Waals surface area (Å²) in [6.45, 7) is 1.47. The van der Waals surface area contributed by atoms with Gasteiger partial charge in [-0.1, -0.05) is 12.1 Å². The van der Waals surface area contributed by atoms with Crippen LogP contribution in [0.5, 0.6) is 5.75 Å². The number of carbonyl (C=O) groups excluding carboxylic acids is 3. The van der Waals surface area contributed by atoms with Crippen LogP contribution in [0.2, 0.25) is 0 Å².